The number of benzene rings is 3. The minimum absolute atomic E-state index is 0.125. The summed E-state index contributed by atoms with van der Waals surface area (Å²) in [6.07, 6.45) is 2.49. The summed E-state index contributed by atoms with van der Waals surface area (Å²) in [7, 11) is 1.62. The van der Waals surface area contributed by atoms with Crippen LogP contribution in [0.15, 0.2) is 78.0 Å². The van der Waals surface area contributed by atoms with Gasteiger partial charge >= 0.3 is 0 Å². The van der Waals surface area contributed by atoms with E-state index in [9.17, 15) is 19.2 Å². The van der Waals surface area contributed by atoms with Gasteiger partial charge in [0.05, 0.1) is 67.3 Å². The zero-order valence-electron chi connectivity index (χ0n) is 41.4. The van der Waals surface area contributed by atoms with Gasteiger partial charge in [-0.25, -0.2) is 4.98 Å². The van der Waals surface area contributed by atoms with Gasteiger partial charge in [0.25, 0.3) is 0 Å². The molecule has 2 aliphatic rings. The number of thiazole rings is 1. The number of carbonyl (C=O) groups is 4. The Morgan fingerprint density at radius 1 is 0.853 bits per heavy atom. The molecule has 6 rings (SSSR count). The van der Waals surface area contributed by atoms with Crippen LogP contribution in [0.1, 0.15) is 95.7 Å². The predicted molar refractivity (Wildman–Crippen MR) is 266 cm³/mol. The molecule has 4 aromatic rings. The maximum absolute atomic E-state index is 14.0. The van der Waals surface area contributed by atoms with Gasteiger partial charge in [0.1, 0.15) is 36.8 Å². The van der Waals surface area contributed by atoms with Gasteiger partial charge in [-0.3, -0.25) is 19.2 Å². The Kier molecular flexibility index (Phi) is 18.5. The summed E-state index contributed by atoms with van der Waals surface area (Å²) >= 11 is 1.60. The van der Waals surface area contributed by atoms with Crippen LogP contribution >= 0.6 is 11.3 Å². The highest BCUT2D eigenvalue weighted by molar-refractivity contribution is 7.13. The van der Waals surface area contributed by atoms with Gasteiger partial charge in [-0.15, -0.1) is 11.3 Å². The van der Waals surface area contributed by atoms with E-state index < -0.39 is 12.1 Å². The van der Waals surface area contributed by atoms with Crippen LogP contribution in [0.25, 0.3) is 27.1 Å². The third-order valence-electron chi connectivity index (χ3n) is 12.6. The molecular weight excluding hydrogens is 881 g/mol. The number of aryl methyl sites for hydroxylation is 2. The molecule has 3 aromatic carbocycles. The second-order valence-corrected chi connectivity index (χ2v) is 19.7. The van der Waals surface area contributed by atoms with E-state index in [-0.39, 0.29) is 60.7 Å². The highest BCUT2D eigenvalue weighted by Gasteiger charge is 2.41. The standard InChI is InChI=1S/C54H70N4O9S/c1-10-66-47-32-54(7,8)31-46(59)49(47)44-30-42(14-13-36(44)4)40-19-21-43(22-20-40)67-29-28-64-25-24-63-26-27-65-33-48(60)57(9)50(35(2)3)53(62)58-23-11-12-45(58)52(61)56-37(5)39-15-17-41(18-16-39)51-38(6)55-34-68-51/h13-22,30,34-35,37,45,50H,10-12,23-29,31-33H2,1-9H3,(H,56,61)/t37-,45-,50-/m0/s1. The molecule has 1 aromatic heterocycles. The normalized spacial score (nSPS) is 16.8. The van der Waals surface area contributed by atoms with Crippen LogP contribution in [-0.4, -0.2) is 117 Å². The van der Waals surface area contributed by atoms with Crippen LogP contribution in [0.4, 0.5) is 0 Å². The van der Waals surface area contributed by atoms with Crippen LogP contribution in [-0.2, 0) is 38.1 Å². The second kappa shape index (κ2) is 24.2. The summed E-state index contributed by atoms with van der Waals surface area (Å²) in [5.41, 5.74) is 9.45. The van der Waals surface area contributed by atoms with Crippen LogP contribution in [0.3, 0.4) is 0 Å². The Morgan fingerprint density at radius 2 is 1.50 bits per heavy atom. The molecule has 14 heteroatoms. The molecule has 1 aliphatic carbocycles. The number of hydrogen-bond donors (Lipinski definition) is 1. The number of hydrogen-bond acceptors (Lipinski definition) is 11. The van der Waals surface area contributed by atoms with Crippen molar-refractivity contribution in [2.24, 2.45) is 11.3 Å². The minimum atomic E-state index is -0.745. The van der Waals surface area contributed by atoms with Gasteiger partial charge in [0, 0.05) is 26.4 Å². The quantitative estimate of drug-likeness (QED) is 0.0716. The lowest BCUT2D eigenvalue weighted by Crippen LogP contribution is -2.56. The van der Waals surface area contributed by atoms with Crippen molar-refractivity contribution >= 4 is 40.4 Å². The van der Waals surface area contributed by atoms with Crippen LogP contribution in [0.2, 0.25) is 0 Å². The molecule has 1 saturated heterocycles. The first-order chi connectivity index (χ1) is 32.6. The fraction of sp³-hybridized carbons (Fsp3) is 0.500. The summed E-state index contributed by atoms with van der Waals surface area (Å²) < 4.78 is 28.9. The van der Waals surface area contributed by atoms with Crippen molar-refractivity contribution in [2.75, 3.05) is 66.4 Å². The van der Waals surface area contributed by atoms with E-state index in [1.807, 2.05) is 95.6 Å². The van der Waals surface area contributed by atoms with Gasteiger partial charge in [0.2, 0.25) is 17.7 Å². The van der Waals surface area contributed by atoms with Gasteiger partial charge in [0.15, 0.2) is 5.78 Å². The average Bonchev–Trinajstić information content (AvgIpc) is 3.98. The number of allylic oxidation sites excluding steroid dienone is 2. The Balaban J connectivity index is 0.862. The number of likely N-dealkylation sites (N-methyl/N-ethyl adjacent to an activating group) is 1. The Hall–Kier alpha value is -5.41. The SMILES string of the molecule is CCOC1=C(c2cc(-c3ccc(OCCOCCOCCOCC(=O)N(C)[C@H](C(=O)N4CCC[C@H]4C(=O)N[C@@H](C)c4ccc(-c5scnc5C)cc4)C(C)C)cc3)ccc2C)C(=O)CC(C)(C)C1. The number of nitrogens with zero attached hydrogens (tertiary/aromatic N) is 3. The largest absolute Gasteiger partial charge is 0.497 e. The lowest BCUT2D eigenvalue weighted by molar-refractivity contribution is -0.151. The molecule has 3 atom stereocenters. The first-order valence-corrected chi connectivity index (χ1v) is 24.8. The zero-order valence-corrected chi connectivity index (χ0v) is 42.2. The van der Waals surface area contributed by atoms with E-state index in [0.717, 1.165) is 61.9 Å². The molecule has 0 unspecified atom stereocenters. The zero-order chi connectivity index (χ0) is 49.0. The molecule has 0 radical (unpaired) electrons. The third-order valence-corrected chi connectivity index (χ3v) is 13.6. The average molecular weight is 951 g/mol. The number of nitrogens with one attached hydrogen (secondary N) is 1. The lowest BCUT2D eigenvalue weighted by atomic mass is 9.74. The van der Waals surface area contributed by atoms with Crippen LogP contribution in [0.5, 0.6) is 5.75 Å². The molecule has 1 aliphatic heterocycles. The Bertz CT molecular complexity index is 2380. The minimum Gasteiger partial charge on any atom is -0.497 e. The number of ether oxygens (including phenoxy) is 5. The highest BCUT2D eigenvalue weighted by atomic mass is 32.1. The molecule has 1 N–H and O–H groups in total. The molecule has 3 amide bonds. The molecule has 1 fully saturated rings. The lowest BCUT2D eigenvalue weighted by Gasteiger charge is -2.35. The number of aromatic nitrogens is 1. The maximum atomic E-state index is 14.0. The summed E-state index contributed by atoms with van der Waals surface area (Å²) in [5, 5.41) is 3.12. The monoisotopic (exact) mass is 950 g/mol. The molecule has 68 heavy (non-hydrogen) atoms. The fourth-order valence-corrected chi connectivity index (χ4v) is 9.83. The van der Waals surface area contributed by atoms with Crippen molar-refractivity contribution in [3.05, 3.63) is 100 Å². The highest BCUT2D eigenvalue weighted by Crippen LogP contribution is 2.42. The van der Waals surface area contributed by atoms with Crippen molar-refractivity contribution in [1.29, 1.82) is 0 Å². The number of rotatable bonds is 23. The van der Waals surface area contributed by atoms with Gasteiger partial charge in [-0.2, -0.15) is 0 Å². The van der Waals surface area contributed by atoms with Crippen molar-refractivity contribution < 1.29 is 42.9 Å². The molecule has 2 heterocycles. The van der Waals surface area contributed by atoms with E-state index in [1.165, 1.54) is 4.90 Å². The fourth-order valence-electron chi connectivity index (χ4n) is 9.02. The van der Waals surface area contributed by atoms with E-state index in [4.69, 9.17) is 23.7 Å². The maximum Gasteiger partial charge on any atom is 0.249 e. The van der Waals surface area contributed by atoms with Gasteiger partial charge in [-0.1, -0.05) is 76.2 Å². The second-order valence-electron chi connectivity index (χ2n) is 18.9. The number of ketones is 1. The number of likely N-dealkylation sites (tertiary alicyclic amines) is 1. The molecular formula is C54H70N4O9S. The van der Waals surface area contributed by atoms with Crippen molar-refractivity contribution in [3.8, 4) is 27.3 Å². The number of amides is 3. The summed E-state index contributed by atoms with van der Waals surface area (Å²) in [4.78, 5) is 62.8. The number of Topliss-reactive ketones (excluding diaryl/α,β-unsaturated/α-hetero) is 1. The summed E-state index contributed by atoms with van der Waals surface area (Å²) in [5.74, 6) is 0.688. The van der Waals surface area contributed by atoms with Crippen molar-refractivity contribution in [1.82, 2.24) is 20.1 Å². The Morgan fingerprint density at radius 3 is 2.15 bits per heavy atom. The van der Waals surface area contributed by atoms with Gasteiger partial charge in [-0.05, 0) is 103 Å². The Labute approximate surface area is 406 Å². The number of carbonyl (C=O) groups excluding carboxylic acids is 4. The van der Waals surface area contributed by atoms with E-state index >= 15 is 0 Å². The van der Waals surface area contributed by atoms with Crippen molar-refractivity contribution in [2.45, 2.75) is 99.2 Å². The van der Waals surface area contributed by atoms with Crippen LogP contribution < -0.4 is 10.1 Å². The molecule has 0 saturated carbocycles. The molecule has 0 spiro atoms. The smallest absolute Gasteiger partial charge is 0.249 e. The van der Waals surface area contributed by atoms with Crippen LogP contribution in [0, 0.1) is 25.2 Å². The van der Waals surface area contributed by atoms with Gasteiger partial charge < -0.3 is 38.8 Å². The first kappa shape index (κ1) is 52.0. The molecule has 0 bridgehead atoms. The summed E-state index contributed by atoms with van der Waals surface area (Å²) in [6.45, 7) is 18.7. The molecule has 13 nitrogen and oxygen atoms in total. The first-order valence-electron chi connectivity index (χ1n) is 23.9. The summed E-state index contributed by atoms with van der Waals surface area (Å²) in [6, 6.07) is 20.6. The third kappa shape index (κ3) is 13.4. The topological polar surface area (TPSA) is 146 Å². The van der Waals surface area contributed by atoms with E-state index in [0.29, 0.717) is 64.4 Å². The van der Waals surface area contributed by atoms with E-state index in [2.05, 4.69) is 42.3 Å². The van der Waals surface area contributed by atoms with E-state index in [1.54, 1.807) is 23.3 Å². The molecule has 366 valence electrons. The van der Waals surface area contributed by atoms with Crippen molar-refractivity contribution in [3.63, 3.8) is 0 Å². The predicted octanol–water partition coefficient (Wildman–Crippen LogP) is 9.01.